The number of rotatable bonds is 6. The van der Waals surface area contributed by atoms with Crippen molar-refractivity contribution in [3.8, 4) is 0 Å². The number of esters is 1. The first-order chi connectivity index (χ1) is 8.84. The average Bonchev–Trinajstić information content (AvgIpc) is 2.80. The van der Waals surface area contributed by atoms with Gasteiger partial charge in [-0.05, 0) is 25.2 Å². The second-order valence-electron chi connectivity index (χ2n) is 6.00. The molecule has 1 aliphatic rings. The number of nitrogens with one attached hydrogen (secondary N) is 1. The summed E-state index contributed by atoms with van der Waals surface area (Å²) in [5, 5.41) is 2.95. The van der Waals surface area contributed by atoms with Crippen molar-refractivity contribution in [3.63, 3.8) is 0 Å². The number of carbonyl (C=O) groups excluding carboxylic acids is 2. The monoisotopic (exact) mass is 271 g/mol. The second kappa shape index (κ2) is 6.89. The first kappa shape index (κ1) is 16.0. The van der Waals surface area contributed by atoms with Crippen molar-refractivity contribution in [1.82, 2.24) is 5.32 Å². The molecule has 0 bridgehead atoms. The molecule has 0 radical (unpaired) electrons. The third kappa shape index (κ3) is 5.59. The summed E-state index contributed by atoms with van der Waals surface area (Å²) in [7, 11) is 1.36. The van der Waals surface area contributed by atoms with Crippen LogP contribution in [0.2, 0.25) is 0 Å². The molecule has 1 N–H and O–H groups in total. The minimum atomic E-state index is -0.395. The maximum absolute atomic E-state index is 12.0. The van der Waals surface area contributed by atoms with Gasteiger partial charge in [0.15, 0.2) is 0 Å². The van der Waals surface area contributed by atoms with E-state index in [0.717, 1.165) is 19.4 Å². The van der Waals surface area contributed by atoms with Gasteiger partial charge in [0.25, 0.3) is 0 Å². The van der Waals surface area contributed by atoms with Gasteiger partial charge in [0.05, 0.1) is 25.7 Å². The fraction of sp³-hybridized carbons (Fsp3) is 0.857. The quantitative estimate of drug-likeness (QED) is 0.746. The number of carbonyl (C=O) groups is 2. The Bertz CT molecular complexity index is 321. The highest BCUT2D eigenvalue weighted by Crippen LogP contribution is 2.25. The summed E-state index contributed by atoms with van der Waals surface area (Å²) in [4.78, 5) is 23.2. The summed E-state index contributed by atoms with van der Waals surface area (Å²) in [5.74, 6) is -0.332. The summed E-state index contributed by atoms with van der Waals surface area (Å²) in [6.45, 7) is 6.51. The lowest BCUT2D eigenvalue weighted by atomic mass is 9.85. The van der Waals surface area contributed by atoms with E-state index >= 15 is 0 Å². The zero-order valence-corrected chi connectivity index (χ0v) is 12.3. The Labute approximate surface area is 115 Å². The number of hydrogen-bond donors (Lipinski definition) is 1. The van der Waals surface area contributed by atoms with E-state index in [1.807, 2.05) is 20.8 Å². The highest BCUT2D eigenvalue weighted by atomic mass is 16.5. The molecule has 110 valence electrons. The lowest BCUT2D eigenvalue weighted by molar-refractivity contribution is -0.143. The van der Waals surface area contributed by atoms with Crippen molar-refractivity contribution in [3.05, 3.63) is 0 Å². The molecule has 1 rings (SSSR count). The minimum absolute atomic E-state index is 0.0175. The van der Waals surface area contributed by atoms with Gasteiger partial charge in [-0.1, -0.05) is 13.8 Å². The van der Waals surface area contributed by atoms with Crippen LogP contribution < -0.4 is 5.32 Å². The molecule has 0 saturated carbocycles. The van der Waals surface area contributed by atoms with Gasteiger partial charge in [-0.15, -0.1) is 0 Å². The molecule has 5 nitrogen and oxygen atoms in total. The normalized spacial score (nSPS) is 20.9. The lowest BCUT2D eigenvalue weighted by Crippen LogP contribution is -2.42. The van der Waals surface area contributed by atoms with Gasteiger partial charge in [-0.25, -0.2) is 0 Å². The van der Waals surface area contributed by atoms with Crippen LogP contribution in [0.5, 0.6) is 0 Å². The minimum Gasteiger partial charge on any atom is -0.469 e. The maximum Gasteiger partial charge on any atom is 0.306 e. The molecule has 0 aromatic rings. The fourth-order valence-corrected chi connectivity index (χ4v) is 2.35. The van der Waals surface area contributed by atoms with Crippen LogP contribution in [-0.2, 0) is 19.1 Å². The molecule has 1 amide bonds. The molecule has 1 fully saturated rings. The number of hydrogen-bond acceptors (Lipinski definition) is 4. The Morgan fingerprint density at radius 1 is 1.42 bits per heavy atom. The predicted molar refractivity (Wildman–Crippen MR) is 71.6 cm³/mol. The molecule has 0 unspecified atom stereocenters. The smallest absolute Gasteiger partial charge is 0.306 e. The van der Waals surface area contributed by atoms with Crippen molar-refractivity contribution in [1.29, 1.82) is 0 Å². The van der Waals surface area contributed by atoms with Crippen molar-refractivity contribution in [2.45, 2.75) is 58.6 Å². The van der Waals surface area contributed by atoms with Crippen LogP contribution in [0.3, 0.4) is 0 Å². The van der Waals surface area contributed by atoms with E-state index in [-0.39, 0.29) is 30.4 Å². The van der Waals surface area contributed by atoms with E-state index in [1.54, 1.807) is 0 Å². The van der Waals surface area contributed by atoms with Crippen LogP contribution in [0, 0.1) is 5.41 Å². The first-order valence-corrected chi connectivity index (χ1v) is 6.82. The largest absolute Gasteiger partial charge is 0.469 e. The molecular formula is C14H25NO4. The van der Waals surface area contributed by atoms with Crippen molar-refractivity contribution in [2.24, 2.45) is 5.41 Å². The maximum atomic E-state index is 12.0. The van der Waals surface area contributed by atoms with Gasteiger partial charge in [0.1, 0.15) is 0 Å². The third-order valence-electron chi connectivity index (χ3n) is 3.40. The topological polar surface area (TPSA) is 64.6 Å². The Kier molecular flexibility index (Phi) is 5.79. The van der Waals surface area contributed by atoms with Crippen molar-refractivity contribution >= 4 is 11.9 Å². The standard InChI is InChI=1S/C14H25NO4/c1-10(11-6-5-7-19-11)15-12(16)8-14(2,3)9-13(17)18-4/h10-11H,5-9H2,1-4H3,(H,15,16)/t10-,11+/m0/s1. The third-order valence-corrected chi connectivity index (χ3v) is 3.40. The predicted octanol–water partition coefficient (Wildman–Crippen LogP) is 1.65. The average molecular weight is 271 g/mol. The van der Waals surface area contributed by atoms with Crippen LogP contribution in [0.4, 0.5) is 0 Å². The Hall–Kier alpha value is -1.10. The zero-order chi connectivity index (χ0) is 14.5. The highest BCUT2D eigenvalue weighted by Gasteiger charge is 2.28. The fourth-order valence-electron chi connectivity index (χ4n) is 2.35. The summed E-state index contributed by atoms with van der Waals surface area (Å²) in [6.07, 6.45) is 2.71. The van der Waals surface area contributed by atoms with Gasteiger partial charge in [0.2, 0.25) is 5.91 Å². The van der Waals surface area contributed by atoms with Crippen LogP contribution in [0.25, 0.3) is 0 Å². The molecule has 0 aromatic carbocycles. The Balaban J connectivity index is 2.38. The Morgan fingerprint density at radius 2 is 2.11 bits per heavy atom. The van der Waals surface area contributed by atoms with Crippen molar-refractivity contribution < 1.29 is 19.1 Å². The van der Waals surface area contributed by atoms with E-state index < -0.39 is 5.41 Å². The highest BCUT2D eigenvalue weighted by molar-refractivity contribution is 5.78. The molecule has 0 aromatic heterocycles. The molecular weight excluding hydrogens is 246 g/mol. The van der Waals surface area contributed by atoms with Crippen LogP contribution in [-0.4, -0.2) is 37.7 Å². The van der Waals surface area contributed by atoms with E-state index in [4.69, 9.17) is 4.74 Å². The summed E-state index contributed by atoms with van der Waals surface area (Å²) in [6, 6.07) is 0.0175. The molecule has 0 aliphatic carbocycles. The SMILES string of the molecule is COC(=O)CC(C)(C)CC(=O)N[C@@H](C)[C@H]1CCCO1. The van der Waals surface area contributed by atoms with Crippen LogP contribution in [0.1, 0.15) is 46.5 Å². The second-order valence-corrected chi connectivity index (χ2v) is 6.00. The van der Waals surface area contributed by atoms with Gasteiger partial charge in [-0.2, -0.15) is 0 Å². The van der Waals surface area contributed by atoms with E-state index in [2.05, 4.69) is 10.1 Å². The molecule has 1 saturated heterocycles. The number of amides is 1. The summed E-state index contributed by atoms with van der Waals surface area (Å²) < 4.78 is 10.2. The lowest BCUT2D eigenvalue weighted by Gasteiger charge is -2.25. The van der Waals surface area contributed by atoms with Gasteiger partial charge in [-0.3, -0.25) is 9.59 Å². The summed E-state index contributed by atoms with van der Waals surface area (Å²) >= 11 is 0. The zero-order valence-electron chi connectivity index (χ0n) is 12.3. The van der Waals surface area contributed by atoms with Gasteiger partial charge < -0.3 is 14.8 Å². The molecule has 0 spiro atoms. The first-order valence-electron chi connectivity index (χ1n) is 6.82. The molecule has 1 heterocycles. The van der Waals surface area contributed by atoms with Crippen LogP contribution >= 0.6 is 0 Å². The molecule has 5 heteroatoms. The van der Waals surface area contributed by atoms with Crippen LogP contribution in [0.15, 0.2) is 0 Å². The van der Waals surface area contributed by atoms with E-state index in [1.165, 1.54) is 7.11 Å². The molecule has 19 heavy (non-hydrogen) atoms. The Morgan fingerprint density at radius 3 is 2.63 bits per heavy atom. The van der Waals surface area contributed by atoms with Gasteiger partial charge >= 0.3 is 5.97 Å². The van der Waals surface area contributed by atoms with E-state index in [0.29, 0.717) is 6.42 Å². The van der Waals surface area contributed by atoms with Gasteiger partial charge in [0, 0.05) is 13.0 Å². The number of methoxy groups -OCH3 is 1. The molecule has 2 atom stereocenters. The van der Waals surface area contributed by atoms with Crippen molar-refractivity contribution in [2.75, 3.05) is 13.7 Å². The molecule has 1 aliphatic heterocycles. The number of ether oxygens (including phenoxy) is 2. The van der Waals surface area contributed by atoms with E-state index in [9.17, 15) is 9.59 Å². The summed E-state index contributed by atoms with van der Waals surface area (Å²) in [5.41, 5.74) is -0.395.